The Hall–Kier alpha value is -2.24. The van der Waals surface area contributed by atoms with Crippen LogP contribution in [0.15, 0.2) is 30.6 Å². The summed E-state index contributed by atoms with van der Waals surface area (Å²) in [5, 5.41) is 9.77. The predicted octanol–water partition coefficient (Wildman–Crippen LogP) is 3.43. The molecule has 0 saturated carbocycles. The molecule has 0 aliphatic heterocycles. The van der Waals surface area contributed by atoms with Gasteiger partial charge in [-0.1, -0.05) is 17.7 Å². The fourth-order valence-electron chi connectivity index (χ4n) is 2.64. The molecule has 2 N–H and O–H groups in total. The maximum absolute atomic E-state index is 14.8. The van der Waals surface area contributed by atoms with Crippen LogP contribution in [0.25, 0.3) is 11.0 Å². The van der Waals surface area contributed by atoms with E-state index in [1.54, 1.807) is 18.2 Å². The number of nitrogens with one attached hydrogen (secondary N) is 1. The van der Waals surface area contributed by atoms with E-state index in [0.717, 1.165) is 11.1 Å². The molecule has 0 radical (unpaired) electrons. The number of halogens is 2. The number of ketones is 1. The third-order valence-electron chi connectivity index (χ3n) is 3.87. The number of hydrogen-bond donors (Lipinski definition) is 2. The summed E-state index contributed by atoms with van der Waals surface area (Å²) in [4.78, 5) is 18.8. The molecular formula is C17H14ClFN2O2. The molecule has 1 heterocycles. The molecule has 0 fully saturated rings. The zero-order valence-corrected chi connectivity index (χ0v) is 13.1. The predicted molar refractivity (Wildman–Crippen MR) is 86.5 cm³/mol. The van der Waals surface area contributed by atoms with Crippen LogP contribution in [0.5, 0.6) is 0 Å². The van der Waals surface area contributed by atoms with Gasteiger partial charge in [-0.05, 0) is 36.2 Å². The van der Waals surface area contributed by atoms with Crippen molar-refractivity contribution in [2.75, 3.05) is 6.61 Å². The van der Waals surface area contributed by atoms with Crippen molar-refractivity contribution >= 4 is 28.4 Å². The second-order valence-electron chi connectivity index (χ2n) is 5.34. The summed E-state index contributed by atoms with van der Waals surface area (Å²) in [6, 6.07) is 6.85. The number of carbonyl (C=O) groups excluding carboxylic acids is 1. The third-order valence-corrected chi connectivity index (χ3v) is 4.11. The highest BCUT2D eigenvalue weighted by Gasteiger charge is 2.20. The molecule has 0 aliphatic carbocycles. The molecular weight excluding hydrogens is 319 g/mol. The first-order valence-corrected chi connectivity index (χ1v) is 7.42. The van der Waals surface area contributed by atoms with Crippen LogP contribution >= 0.6 is 11.6 Å². The lowest BCUT2D eigenvalue weighted by Gasteiger charge is -2.12. The molecule has 6 heteroatoms. The molecule has 0 atom stereocenters. The summed E-state index contributed by atoms with van der Waals surface area (Å²) in [6.07, 6.45) is 1.59. The van der Waals surface area contributed by atoms with Crippen LogP contribution in [-0.2, 0) is 6.42 Å². The minimum Gasteiger partial charge on any atom is -0.388 e. The standard InChI is InChI=1S/C17H14ClFN2O2/c1-9-4-11(18)3-2-10(9)5-13-12(15(23)7-22)6-14-17(16(13)19)21-8-20-14/h2-4,6,8,22H,5,7H2,1H3,(H,20,21). The van der Waals surface area contributed by atoms with E-state index in [0.29, 0.717) is 10.5 Å². The van der Waals surface area contributed by atoms with Gasteiger partial charge in [0.25, 0.3) is 0 Å². The average Bonchev–Trinajstić information content (AvgIpc) is 3.00. The van der Waals surface area contributed by atoms with Crippen LogP contribution < -0.4 is 0 Å². The molecule has 0 aliphatic rings. The van der Waals surface area contributed by atoms with E-state index in [9.17, 15) is 9.18 Å². The Labute approximate surface area is 136 Å². The topological polar surface area (TPSA) is 66.0 Å². The Morgan fingerprint density at radius 2 is 2.17 bits per heavy atom. The molecule has 0 saturated heterocycles. The number of aromatic amines is 1. The van der Waals surface area contributed by atoms with Gasteiger partial charge in [0.05, 0.1) is 11.8 Å². The molecule has 0 amide bonds. The Kier molecular flexibility index (Phi) is 4.15. The van der Waals surface area contributed by atoms with Crippen molar-refractivity contribution in [3.63, 3.8) is 0 Å². The fourth-order valence-corrected chi connectivity index (χ4v) is 2.86. The van der Waals surface area contributed by atoms with Crippen molar-refractivity contribution in [2.24, 2.45) is 0 Å². The van der Waals surface area contributed by atoms with E-state index in [1.165, 1.54) is 12.4 Å². The van der Waals surface area contributed by atoms with E-state index in [1.807, 2.05) is 6.92 Å². The van der Waals surface area contributed by atoms with Crippen LogP contribution in [0.1, 0.15) is 27.0 Å². The van der Waals surface area contributed by atoms with Gasteiger partial charge in [-0.15, -0.1) is 0 Å². The van der Waals surface area contributed by atoms with Gasteiger partial charge >= 0.3 is 0 Å². The Morgan fingerprint density at radius 3 is 2.87 bits per heavy atom. The molecule has 0 bridgehead atoms. The van der Waals surface area contributed by atoms with Gasteiger partial charge in [0, 0.05) is 22.6 Å². The molecule has 0 spiro atoms. The van der Waals surface area contributed by atoms with Crippen LogP contribution in [0, 0.1) is 12.7 Å². The second-order valence-corrected chi connectivity index (χ2v) is 5.78. The Morgan fingerprint density at radius 1 is 1.39 bits per heavy atom. The molecule has 3 aromatic rings. The summed E-state index contributed by atoms with van der Waals surface area (Å²) in [5.41, 5.74) is 2.76. The highest BCUT2D eigenvalue weighted by Crippen LogP contribution is 2.27. The minimum atomic E-state index is -0.675. The lowest BCUT2D eigenvalue weighted by atomic mass is 9.94. The maximum atomic E-state index is 14.8. The summed E-state index contributed by atoms with van der Waals surface area (Å²) in [5.74, 6) is -1.07. The number of benzene rings is 2. The molecule has 2 aromatic carbocycles. The first-order chi connectivity index (χ1) is 11.0. The number of carbonyl (C=O) groups is 1. The number of hydrogen-bond acceptors (Lipinski definition) is 3. The van der Waals surface area contributed by atoms with Crippen LogP contribution in [0.2, 0.25) is 5.02 Å². The van der Waals surface area contributed by atoms with Crippen LogP contribution in [0.3, 0.4) is 0 Å². The summed E-state index contributed by atoms with van der Waals surface area (Å²) >= 11 is 5.94. The van der Waals surface area contributed by atoms with Gasteiger partial charge in [-0.2, -0.15) is 0 Å². The first kappa shape index (κ1) is 15.6. The third kappa shape index (κ3) is 2.85. The van der Waals surface area contributed by atoms with E-state index in [-0.39, 0.29) is 23.1 Å². The van der Waals surface area contributed by atoms with Crippen molar-refractivity contribution in [3.8, 4) is 0 Å². The number of aryl methyl sites for hydroxylation is 1. The van der Waals surface area contributed by atoms with Gasteiger partial charge in [-0.3, -0.25) is 4.79 Å². The lowest BCUT2D eigenvalue weighted by Crippen LogP contribution is -2.11. The smallest absolute Gasteiger partial charge is 0.188 e. The molecule has 3 rings (SSSR count). The number of fused-ring (bicyclic) bond motifs is 1. The van der Waals surface area contributed by atoms with E-state index < -0.39 is 18.2 Å². The number of rotatable bonds is 4. The van der Waals surface area contributed by atoms with Crippen LogP contribution in [-0.4, -0.2) is 27.5 Å². The number of H-pyrrole nitrogens is 1. The normalized spacial score (nSPS) is 11.1. The largest absolute Gasteiger partial charge is 0.388 e. The van der Waals surface area contributed by atoms with Crippen molar-refractivity contribution in [3.05, 3.63) is 63.7 Å². The van der Waals surface area contributed by atoms with E-state index in [2.05, 4.69) is 9.97 Å². The summed E-state index contributed by atoms with van der Waals surface area (Å²) < 4.78 is 14.8. The number of aliphatic hydroxyl groups excluding tert-OH is 1. The number of aromatic nitrogens is 2. The SMILES string of the molecule is Cc1cc(Cl)ccc1Cc1c(C(=O)CO)cc2[nH]cnc2c1F. The van der Waals surface area contributed by atoms with E-state index in [4.69, 9.17) is 16.7 Å². The summed E-state index contributed by atoms with van der Waals surface area (Å²) in [6.45, 7) is 1.20. The molecule has 4 nitrogen and oxygen atoms in total. The van der Waals surface area contributed by atoms with Crippen molar-refractivity contribution in [1.29, 1.82) is 0 Å². The van der Waals surface area contributed by atoms with Gasteiger partial charge in [0.1, 0.15) is 12.1 Å². The quantitative estimate of drug-likeness (QED) is 0.719. The zero-order valence-electron chi connectivity index (χ0n) is 12.4. The molecule has 23 heavy (non-hydrogen) atoms. The number of imidazole rings is 1. The van der Waals surface area contributed by atoms with Crippen molar-refractivity contribution in [1.82, 2.24) is 9.97 Å². The first-order valence-electron chi connectivity index (χ1n) is 7.04. The van der Waals surface area contributed by atoms with Crippen LogP contribution in [0.4, 0.5) is 4.39 Å². The van der Waals surface area contributed by atoms with E-state index >= 15 is 0 Å². The number of Topliss-reactive ketones (excluding diaryl/α,β-unsaturated/α-hetero) is 1. The van der Waals surface area contributed by atoms with Gasteiger partial charge in [-0.25, -0.2) is 9.37 Å². The number of aliphatic hydroxyl groups is 1. The lowest BCUT2D eigenvalue weighted by molar-refractivity contribution is 0.0902. The zero-order chi connectivity index (χ0) is 16.6. The average molecular weight is 333 g/mol. The molecule has 0 unspecified atom stereocenters. The monoisotopic (exact) mass is 332 g/mol. The Balaban J connectivity index is 2.17. The number of nitrogens with zero attached hydrogens (tertiary/aromatic N) is 1. The van der Waals surface area contributed by atoms with Crippen molar-refractivity contribution < 1.29 is 14.3 Å². The molecule has 118 valence electrons. The van der Waals surface area contributed by atoms with Crippen molar-refractivity contribution in [2.45, 2.75) is 13.3 Å². The van der Waals surface area contributed by atoms with Gasteiger partial charge in [0.15, 0.2) is 11.6 Å². The summed E-state index contributed by atoms with van der Waals surface area (Å²) in [7, 11) is 0. The minimum absolute atomic E-state index is 0.163. The second kappa shape index (κ2) is 6.10. The maximum Gasteiger partial charge on any atom is 0.188 e. The Bertz CT molecular complexity index is 905. The van der Waals surface area contributed by atoms with Gasteiger partial charge in [0.2, 0.25) is 0 Å². The highest BCUT2D eigenvalue weighted by atomic mass is 35.5. The van der Waals surface area contributed by atoms with Gasteiger partial charge < -0.3 is 10.1 Å². The fraction of sp³-hybridized carbons (Fsp3) is 0.176. The molecule has 1 aromatic heterocycles. The highest BCUT2D eigenvalue weighted by molar-refractivity contribution is 6.30.